The second-order valence-electron chi connectivity index (χ2n) is 15.9. The number of cyclic esters (lactones) is 1. The summed E-state index contributed by atoms with van der Waals surface area (Å²) in [6.07, 6.45) is 22.6. The quantitative estimate of drug-likeness (QED) is 0.307. The van der Waals surface area contributed by atoms with Gasteiger partial charge in [-0.3, -0.25) is 4.79 Å². The Balaban J connectivity index is 1.41. The van der Waals surface area contributed by atoms with E-state index in [4.69, 9.17) is 4.74 Å². The zero-order valence-corrected chi connectivity index (χ0v) is 28.2. The van der Waals surface area contributed by atoms with E-state index in [0.29, 0.717) is 41.8 Å². The largest absolute Gasteiger partial charge is 0.454 e. The van der Waals surface area contributed by atoms with Crippen molar-refractivity contribution >= 4 is 5.97 Å². The molecule has 5 nitrogen and oxygen atoms in total. The summed E-state index contributed by atoms with van der Waals surface area (Å²) in [5, 5.41) is 0. The van der Waals surface area contributed by atoms with Crippen LogP contribution in [0.4, 0.5) is 0 Å². The highest BCUT2D eigenvalue weighted by Crippen LogP contribution is 2.57. The van der Waals surface area contributed by atoms with Crippen LogP contribution in [0.3, 0.4) is 0 Å². The van der Waals surface area contributed by atoms with E-state index >= 15 is 0 Å². The number of esters is 1. The summed E-state index contributed by atoms with van der Waals surface area (Å²) in [6.45, 7) is 4.82. The number of ether oxygens (including phenoxy) is 1. The lowest BCUT2D eigenvalue weighted by Crippen LogP contribution is -2.47. The molecule has 7 unspecified atom stereocenters. The minimum absolute atomic E-state index is 0.0883. The Morgan fingerprint density at radius 3 is 1.74 bits per heavy atom. The molecule has 1 saturated heterocycles. The fourth-order valence-corrected chi connectivity index (χ4v) is 11.5. The Kier molecular flexibility index (Phi) is 8.04. The van der Waals surface area contributed by atoms with Gasteiger partial charge in [0.2, 0.25) is 0 Å². The van der Waals surface area contributed by atoms with Crippen molar-refractivity contribution in [3.8, 4) is 0 Å². The van der Waals surface area contributed by atoms with Crippen molar-refractivity contribution in [3.05, 3.63) is 34.2 Å². The minimum atomic E-state index is -0.466. The maximum Gasteiger partial charge on any atom is 0.310 e. The normalized spacial score (nSPS) is 41.4. The van der Waals surface area contributed by atoms with Gasteiger partial charge in [-0.1, -0.05) is 38.5 Å². The highest BCUT2D eigenvalue weighted by molar-refractivity contribution is 5.77. The molecule has 3 heterocycles. The van der Waals surface area contributed by atoms with E-state index in [1.807, 2.05) is 0 Å². The van der Waals surface area contributed by atoms with Crippen LogP contribution in [0.2, 0.25) is 0 Å². The lowest BCUT2D eigenvalue weighted by molar-refractivity contribution is -0.152. The first-order chi connectivity index (χ1) is 20.7. The van der Waals surface area contributed by atoms with E-state index in [2.05, 4.69) is 62.8 Å². The van der Waals surface area contributed by atoms with E-state index < -0.39 is 5.60 Å². The molecule has 5 heteroatoms. The molecule has 7 atom stereocenters. The zero-order chi connectivity index (χ0) is 30.0. The molecule has 0 spiro atoms. The summed E-state index contributed by atoms with van der Waals surface area (Å²) in [7, 11) is 9.20. The van der Waals surface area contributed by atoms with Crippen molar-refractivity contribution in [1.82, 2.24) is 14.7 Å². The van der Waals surface area contributed by atoms with E-state index in [-0.39, 0.29) is 11.9 Å². The van der Waals surface area contributed by atoms with E-state index in [1.54, 1.807) is 11.1 Å². The standard InChI is InChI=1S/C38H59N3O2/c1-24-35(29-14-8-11-17-33(29)40(24)5)31(36-25(2)41(6)34-18-12-9-15-30(34)36)23-38(26-19-21-27(22-20-26)39(3)4)32-16-10-7-13-28(32)37(42)43-38/h23,26-30,32-34H,7-22H2,1-6H3. The summed E-state index contributed by atoms with van der Waals surface area (Å²) in [4.78, 5) is 21.6. The van der Waals surface area contributed by atoms with Gasteiger partial charge in [0.15, 0.2) is 0 Å². The van der Waals surface area contributed by atoms with Gasteiger partial charge in [0, 0.05) is 67.3 Å². The van der Waals surface area contributed by atoms with Gasteiger partial charge in [-0.2, -0.15) is 0 Å². The molecule has 5 fully saturated rings. The van der Waals surface area contributed by atoms with Crippen LogP contribution in [0.15, 0.2) is 34.2 Å². The van der Waals surface area contributed by atoms with Gasteiger partial charge >= 0.3 is 5.97 Å². The maximum absolute atomic E-state index is 13.9. The highest BCUT2D eigenvalue weighted by atomic mass is 16.6. The van der Waals surface area contributed by atoms with Crippen LogP contribution in [0.5, 0.6) is 0 Å². The molecule has 0 aromatic heterocycles. The van der Waals surface area contributed by atoms with Crippen LogP contribution in [-0.4, -0.2) is 72.6 Å². The molecule has 238 valence electrons. The first-order valence-corrected chi connectivity index (χ1v) is 18.2. The maximum atomic E-state index is 13.9. The van der Waals surface area contributed by atoms with Crippen molar-refractivity contribution in [1.29, 1.82) is 0 Å². The topological polar surface area (TPSA) is 36.0 Å². The number of rotatable bonds is 5. The van der Waals surface area contributed by atoms with Gasteiger partial charge in [-0.05, 0) is 115 Å². The van der Waals surface area contributed by atoms with Crippen LogP contribution in [0.1, 0.15) is 117 Å². The molecule has 0 aromatic carbocycles. The van der Waals surface area contributed by atoms with Gasteiger partial charge < -0.3 is 19.4 Å². The van der Waals surface area contributed by atoms with Crippen LogP contribution in [0, 0.1) is 29.6 Å². The van der Waals surface area contributed by atoms with Crippen molar-refractivity contribution in [2.75, 3.05) is 28.2 Å². The van der Waals surface area contributed by atoms with Gasteiger partial charge in [0.1, 0.15) is 5.60 Å². The second kappa shape index (κ2) is 11.6. The van der Waals surface area contributed by atoms with Crippen LogP contribution < -0.4 is 0 Å². The molecule has 0 N–H and O–H groups in total. The van der Waals surface area contributed by atoms with Crippen molar-refractivity contribution in [2.45, 2.75) is 140 Å². The third-order valence-corrected chi connectivity index (χ3v) is 14.0. The van der Waals surface area contributed by atoms with Crippen LogP contribution in [0.25, 0.3) is 0 Å². The summed E-state index contributed by atoms with van der Waals surface area (Å²) in [6, 6.07) is 1.88. The SMILES string of the molecule is CC1=C(C(=CC2(C3CCC(N(C)C)CC3)OC(=O)C3CCCCC32)C2=C(C)N(C)C3CCCCC23)C2CCCCC2N1C. The Morgan fingerprint density at radius 2 is 1.21 bits per heavy atom. The van der Waals surface area contributed by atoms with Crippen LogP contribution >= 0.6 is 0 Å². The van der Waals surface area contributed by atoms with Crippen molar-refractivity contribution in [2.24, 2.45) is 29.6 Å². The molecule has 3 aliphatic heterocycles. The fourth-order valence-electron chi connectivity index (χ4n) is 11.5. The summed E-state index contributed by atoms with van der Waals surface area (Å²) < 4.78 is 6.98. The average Bonchev–Trinajstić information content (AvgIpc) is 3.56. The Morgan fingerprint density at radius 1 is 0.721 bits per heavy atom. The summed E-state index contributed by atoms with van der Waals surface area (Å²) in [5.41, 5.74) is 7.27. The Hall–Kier alpha value is -1.75. The predicted molar refractivity (Wildman–Crippen MR) is 174 cm³/mol. The number of nitrogens with zero attached hydrogens (tertiary/aromatic N) is 3. The van der Waals surface area contributed by atoms with Crippen molar-refractivity contribution < 1.29 is 9.53 Å². The van der Waals surface area contributed by atoms with Gasteiger partial charge in [0.05, 0.1) is 5.92 Å². The molecule has 7 aliphatic rings. The minimum Gasteiger partial charge on any atom is -0.454 e. The third-order valence-electron chi connectivity index (χ3n) is 14.0. The van der Waals surface area contributed by atoms with Gasteiger partial charge in [-0.25, -0.2) is 0 Å². The van der Waals surface area contributed by atoms with E-state index in [0.717, 1.165) is 25.7 Å². The molecule has 0 aromatic rings. The number of carbonyl (C=O) groups excluding carboxylic acids is 1. The first kappa shape index (κ1) is 29.9. The molecule has 7 rings (SSSR count). The zero-order valence-electron chi connectivity index (χ0n) is 28.2. The Bertz CT molecular complexity index is 1140. The number of hydrogen-bond donors (Lipinski definition) is 0. The second-order valence-corrected chi connectivity index (χ2v) is 15.9. The molecule has 0 radical (unpaired) electrons. The Labute approximate surface area is 262 Å². The molecule has 4 saturated carbocycles. The molecule has 0 amide bonds. The third kappa shape index (κ3) is 4.76. The summed E-state index contributed by atoms with van der Waals surface area (Å²) >= 11 is 0. The lowest BCUT2D eigenvalue weighted by Gasteiger charge is -2.45. The monoisotopic (exact) mass is 589 g/mol. The number of carbonyl (C=O) groups is 1. The predicted octanol–water partition coefficient (Wildman–Crippen LogP) is 7.69. The van der Waals surface area contributed by atoms with Crippen LogP contribution in [-0.2, 0) is 9.53 Å². The number of allylic oxidation sites excluding steroid dienone is 3. The first-order valence-electron chi connectivity index (χ1n) is 18.2. The molecule has 43 heavy (non-hydrogen) atoms. The molecular weight excluding hydrogens is 530 g/mol. The van der Waals surface area contributed by atoms with E-state index in [1.165, 1.54) is 94.0 Å². The smallest absolute Gasteiger partial charge is 0.310 e. The average molecular weight is 590 g/mol. The van der Waals surface area contributed by atoms with Gasteiger partial charge in [-0.15, -0.1) is 0 Å². The van der Waals surface area contributed by atoms with Crippen molar-refractivity contribution in [3.63, 3.8) is 0 Å². The summed E-state index contributed by atoms with van der Waals surface area (Å²) in [5.74, 6) is 2.14. The number of hydrogen-bond acceptors (Lipinski definition) is 5. The molecular formula is C38H59N3O2. The molecule has 0 bridgehead atoms. The fraction of sp³-hybridized carbons (Fsp3) is 0.816. The highest BCUT2D eigenvalue weighted by Gasteiger charge is 2.59. The van der Waals surface area contributed by atoms with E-state index in [9.17, 15) is 4.79 Å². The molecule has 4 aliphatic carbocycles. The number of fused-ring (bicyclic) bond motifs is 3. The lowest BCUT2D eigenvalue weighted by atomic mass is 9.62. The van der Waals surface area contributed by atoms with Gasteiger partial charge in [0.25, 0.3) is 0 Å².